The Hall–Kier alpha value is -4.77. The van der Waals surface area contributed by atoms with E-state index in [-0.39, 0.29) is 12.3 Å². The average molecular weight is 605 g/mol. The van der Waals surface area contributed by atoms with Crippen molar-refractivity contribution in [1.29, 1.82) is 0 Å². The molecule has 5 unspecified atom stereocenters. The normalized spacial score (nSPS) is 28.8. The molecule has 6 aromatic rings. The van der Waals surface area contributed by atoms with Crippen molar-refractivity contribution in [1.82, 2.24) is 9.55 Å². The molecule has 4 aliphatic carbocycles. The highest BCUT2D eigenvalue weighted by Gasteiger charge is 2.82. The van der Waals surface area contributed by atoms with Crippen molar-refractivity contribution in [3.05, 3.63) is 109 Å². The first kappa shape index (κ1) is 24.4. The van der Waals surface area contributed by atoms with Crippen LogP contribution >= 0.6 is 0 Å². The van der Waals surface area contributed by atoms with Crippen molar-refractivity contribution in [3.63, 3.8) is 0 Å². The van der Waals surface area contributed by atoms with E-state index in [0.29, 0.717) is 5.41 Å². The third-order valence-corrected chi connectivity index (χ3v) is 14.1. The van der Waals surface area contributed by atoms with Gasteiger partial charge in [-0.15, -0.1) is 0 Å². The van der Waals surface area contributed by atoms with Crippen LogP contribution in [0.15, 0.2) is 103 Å². The van der Waals surface area contributed by atoms with Gasteiger partial charge in [-0.25, -0.2) is 4.98 Å². The number of anilines is 5. The molecule has 1 aromatic heterocycles. The van der Waals surface area contributed by atoms with E-state index in [1.54, 1.807) is 0 Å². The lowest BCUT2D eigenvalue weighted by Gasteiger charge is -2.76. The first-order valence-corrected chi connectivity index (χ1v) is 17.7. The van der Waals surface area contributed by atoms with E-state index in [0.717, 1.165) is 29.1 Å². The van der Waals surface area contributed by atoms with Gasteiger partial charge in [0, 0.05) is 39.7 Å². The molecule has 5 atom stereocenters. The van der Waals surface area contributed by atoms with Crippen LogP contribution in [0, 0.1) is 30.1 Å². The SMILES string of the molecule is Cc1cc2c3c(c1)-n1c(-c4ccccc4)nc4ccc5c(c41)B3c1c(cccc1N2C12CC3CC4CC(C1)C42C3)N5c1ccccc1. The van der Waals surface area contributed by atoms with Gasteiger partial charge in [-0.05, 0) is 133 Å². The van der Waals surface area contributed by atoms with Gasteiger partial charge in [0.25, 0.3) is 6.71 Å². The molecule has 7 aliphatic rings. The van der Waals surface area contributed by atoms with E-state index < -0.39 is 0 Å². The Bertz CT molecular complexity index is 2420. The second kappa shape index (κ2) is 7.68. The van der Waals surface area contributed by atoms with Gasteiger partial charge in [0.05, 0.1) is 16.6 Å². The second-order valence-electron chi connectivity index (χ2n) is 15.8. The van der Waals surface area contributed by atoms with Crippen LogP contribution in [0.4, 0.5) is 28.4 Å². The van der Waals surface area contributed by atoms with Crippen LogP contribution in [0.2, 0.25) is 0 Å². The number of aryl methyl sites for hydroxylation is 1. The van der Waals surface area contributed by atoms with Gasteiger partial charge in [-0.3, -0.25) is 4.57 Å². The molecule has 4 fully saturated rings. The monoisotopic (exact) mass is 604 g/mol. The summed E-state index contributed by atoms with van der Waals surface area (Å²) in [6.45, 7) is 2.49. The first-order chi connectivity index (χ1) is 23.2. The van der Waals surface area contributed by atoms with Crippen molar-refractivity contribution in [2.24, 2.45) is 23.2 Å². The predicted molar refractivity (Wildman–Crippen MR) is 191 cm³/mol. The number of benzene rings is 5. The summed E-state index contributed by atoms with van der Waals surface area (Å²) >= 11 is 0. The van der Waals surface area contributed by atoms with Gasteiger partial charge in [0.1, 0.15) is 5.82 Å². The van der Waals surface area contributed by atoms with E-state index in [1.165, 1.54) is 99.3 Å². The lowest BCUT2D eigenvalue weighted by atomic mass is 9.30. The summed E-state index contributed by atoms with van der Waals surface area (Å²) in [5.74, 6) is 3.77. The molecule has 224 valence electrons. The Balaban J connectivity index is 1.20. The Morgan fingerprint density at radius 3 is 2.28 bits per heavy atom. The van der Waals surface area contributed by atoms with Crippen molar-refractivity contribution in [3.8, 4) is 17.1 Å². The summed E-state index contributed by atoms with van der Waals surface area (Å²) in [7, 11) is 0. The summed E-state index contributed by atoms with van der Waals surface area (Å²) in [6.07, 6.45) is 7.10. The highest BCUT2D eigenvalue weighted by atomic mass is 15.3. The molecule has 5 aromatic carbocycles. The fraction of sp³-hybridized carbons (Fsp3) is 0.262. The smallest absolute Gasteiger partial charge is 0.257 e. The summed E-state index contributed by atoms with van der Waals surface area (Å²) in [4.78, 5) is 10.9. The van der Waals surface area contributed by atoms with Gasteiger partial charge in [0.2, 0.25) is 0 Å². The number of para-hydroxylation sites is 1. The lowest BCUT2D eigenvalue weighted by Crippen LogP contribution is -2.78. The average Bonchev–Trinajstić information content (AvgIpc) is 3.74. The third kappa shape index (κ3) is 2.47. The molecule has 4 heterocycles. The molecule has 47 heavy (non-hydrogen) atoms. The van der Waals surface area contributed by atoms with Gasteiger partial charge in [0.15, 0.2) is 0 Å². The Kier molecular flexibility index (Phi) is 3.99. The lowest BCUT2D eigenvalue weighted by molar-refractivity contribution is -0.190. The quantitative estimate of drug-likeness (QED) is 0.194. The van der Waals surface area contributed by atoms with Crippen LogP contribution in [0.25, 0.3) is 28.1 Å². The Labute approximate surface area is 274 Å². The first-order valence-electron chi connectivity index (χ1n) is 17.7. The van der Waals surface area contributed by atoms with E-state index in [2.05, 4.69) is 124 Å². The van der Waals surface area contributed by atoms with E-state index >= 15 is 0 Å². The van der Waals surface area contributed by atoms with Crippen LogP contribution < -0.4 is 26.2 Å². The van der Waals surface area contributed by atoms with Crippen LogP contribution in [-0.2, 0) is 0 Å². The Morgan fingerprint density at radius 2 is 1.45 bits per heavy atom. The van der Waals surface area contributed by atoms with Gasteiger partial charge in [-0.1, -0.05) is 54.6 Å². The van der Waals surface area contributed by atoms with Crippen LogP contribution in [0.5, 0.6) is 0 Å². The van der Waals surface area contributed by atoms with Crippen molar-refractivity contribution in [2.75, 3.05) is 9.80 Å². The Morgan fingerprint density at radius 1 is 0.681 bits per heavy atom. The summed E-state index contributed by atoms with van der Waals surface area (Å²) in [5.41, 5.74) is 18.1. The van der Waals surface area contributed by atoms with Crippen molar-refractivity contribution in [2.45, 2.75) is 44.6 Å². The minimum atomic E-state index is 0.176. The molecule has 0 saturated heterocycles. The largest absolute Gasteiger partial charge is 0.335 e. The molecule has 13 rings (SSSR count). The maximum Gasteiger partial charge on any atom is 0.257 e. The molecule has 3 aliphatic heterocycles. The maximum atomic E-state index is 5.43. The van der Waals surface area contributed by atoms with Gasteiger partial charge < -0.3 is 9.80 Å². The molecule has 1 spiro atoms. The highest BCUT2D eigenvalue weighted by Crippen LogP contribution is 2.85. The van der Waals surface area contributed by atoms with E-state index in [1.807, 2.05) is 0 Å². The maximum absolute atomic E-state index is 5.43. The second-order valence-corrected chi connectivity index (χ2v) is 15.8. The fourth-order valence-corrected chi connectivity index (χ4v) is 12.9. The summed E-state index contributed by atoms with van der Waals surface area (Å²) in [6, 6.07) is 38.7. The molecular formula is C42H33BN4. The standard InChI is InChI=1S/C42H33BN4/c1-24-17-34-37-35(18-24)47(41-21-25-19-27-20-28(23-41)42(27,41)22-25)33-14-8-13-31-36(33)43(37)38-32(45(31)29-11-6-3-7-12-29)16-15-30-39(38)46(34)40(44-30)26-9-4-2-5-10-26/h2-18,25,27-28H,19-23H2,1H3. The zero-order valence-electron chi connectivity index (χ0n) is 26.4. The minimum absolute atomic E-state index is 0.176. The molecule has 4 saturated carbocycles. The fourth-order valence-electron chi connectivity index (χ4n) is 12.9. The zero-order valence-corrected chi connectivity index (χ0v) is 26.4. The van der Waals surface area contributed by atoms with Crippen molar-refractivity contribution >= 4 is 62.6 Å². The van der Waals surface area contributed by atoms with E-state index in [9.17, 15) is 0 Å². The third-order valence-electron chi connectivity index (χ3n) is 14.1. The van der Waals surface area contributed by atoms with Crippen LogP contribution in [-0.4, -0.2) is 21.8 Å². The summed E-state index contributed by atoms with van der Waals surface area (Å²) in [5, 5.41) is 0. The number of aromatic nitrogens is 2. The minimum Gasteiger partial charge on any atom is -0.335 e. The van der Waals surface area contributed by atoms with Crippen LogP contribution in [0.1, 0.15) is 37.7 Å². The molecule has 0 radical (unpaired) electrons. The molecular weight excluding hydrogens is 571 g/mol. The number of hydrogen-bond acceptors (Lipinski definition) is 3. The predicted octanol–water partition coefficient (Wildman–Crippen LogP) is 7.64. The van der Waals surface area contributed by atoms with Gasteiger partial charge in [-0.2, -0.15) is 0 Å². The van der Waals surface area contributed by atoms with E-state index in [4.69, 9.17) is 4.98 Å². The molecule has 0 amide bonds. The zero-order chi connectivity index (χ0) is 30.4. The van der Waals surface area contributed by atoms with Crippen molar-refractivity contribution < 1.29 is 0 Å². The molecule has 4 nitrogen and oxygen atoms in total. The van der Waals surface area contributed by atoms with Crippen LogP contribution in [0.3, 0.4) is 0 Å². The topological polar surface area (TPSA) is 24.3 Å². The highest BCUT2D eigenvalue weighted by molar-refractivity contribution is 7.02. The molecule has 0 N–H and O–H groups in total. The molecule has 5 heteroatoms. The molecule has 2 bridgehead atoms. The van der Waals surface area contributed by atoms with Gasteiger partial charge >= 0.3 is 0 Å². The number of hydrogen-bond donors (Lipinski definition) is 0. The number of nitrogens with zero attached hydrogens (tertiary/aromatic N) is 4. The number of rotatable bonds is 3. The number of imidazole rings is 1. The number of fused-ring (bicyclic) bond motifs is 2. The summed E-state index contributed by atoms with van der Waals surface area (Å²) < 4.78 is 2.54.